The third-order valence-corrected chi connectivity index (χ3v) is 3.69. The Hall–Kier alpha value is -2.73. The highest BCUT2D eigenvalue weighted by atomic mass is 32.1. The molecule has 0 aliphatic heterocycles. The van der Waals surface area contributed by atoms with E-state index < -0.39 is 0 Å². The van der Waals surface area contributed by atoms with Crippen LogP contribution < -0.4 is 10.2 Å². The van der Waals surface area contributed by atoms with Crippen LogP contribution in [0.15, 0.2) is 59.3 Å². The fourth-order valence-corrected chi connectivity index (χ4v) is 2.58. The smallest absolute Gasteiger partial charge is 0.203 e. The summed E-state index contributed by atoms with van der Waals surface area (Å²) in [5.41, 5.74) is 5.68. The predicted octanol–water partition coefficient (Wildman–Crippen LogP) is 3.66. The molecule has 0 saturated carbocycles. The normalized spacial score (nSPS) is 10.8. The first-order valence-electron chi connectivity index (χ1n) is 6.65. The Labute approximate surface area is 132 Å². The van der Waals surface area contributed by atoms with Crippen LogP contribution in [0.2, 0.25) is 0 Å². The van der Waals surface area contributed by atoms with E-state index in [1.807, 2.05) is 41.8 Å². The molecule has 5 nitrogen and oxygen atoms in total. The molecule has 2 heterocycles. The SMILES string of the molecule is COc1ccccc1-c1csc(N/N=C\c2cccnc2)n1. The standard InChI is InChI=1S/C16H14N4OS/c1-21-15-7-3-2-6-13(15)14-11-22-16(19-14)20-18-10-12-5-4-8-17-9-12/h2-11H,1H3,(H,19,20)/b18-10-. The second-order valence-corrected chi connectivity index (χ2v) is 5.25. The summed E-state index contributed by atoms with van der Waals surface area (Å²) in [5.74, 6) is 0.804. The van der Waals surface area contributed by atoms with Gasteiger partial charge >= 0.3 is 0 Å². The third-order valence-electron chi connectivity index (χ3n) is 2.95. The number of methoxy groups -OCH3 is 1. The Bertz CT molecular complexity index is 771. The number of hydrazone groups is 1. The molecule has 3 rings (SSSR count). The molecular formula is C16H14N4OS. The zero-order valence-electron chi connectivity index (χ0n) is 11.9. The van der Waals surface area contributed by atoms with Gasteiger partial charge in [-0.05, 0) is 18.2 Å². The number of para-hydroxylation sites is 1. The summed E-state index contributed by atoms with van der Waals surface area (Å²) in [6, 6.07) is 11.6. The average molecular weight is 310 g/mol. The van der Waals surface area contributed by atoms with Crippen LogP contribution in [0.4, 0.5) is 5.13 Å². The number of hydrogen-bond donors (Lipinski definition) is 1. The summed E-state index contributed by atoms with van der Waals surface area (Å²) in [7, 11) is 1.66. The fraction of sp³-hybridized carbons (Fsp3) is 0.0625. The number of anilines is 1. The Kier molecular flexibility index (Phi) is 4.41. The quantitative estimate of drug-likeness (QED) is 0.577. The lowest BCUT2D eigenvalue weighted by Crippen LogP contribution is -1.91. The highest BCUT2D eigenvalue weighted by molar-refractivity contribution is 7.14. The second kappa shape index (κ2) is 6.82. The number of hydrogen-bond acceptors (Lipinski definition) is 6. The summed E-state index contributed by atoms with van der Waals surface area (Å²) >= 11 is 1.49. The van der Waals surface area contributed by atoms with Crippen molar-refractivity contribution in [2.45, 2.75) is 0 Å². The number of nitrogens with zero attached hydrogens (tertiary/aromatic N) is 3. The average Bonchev–Trinajstić information content (AvgIpc) is 3.04. The summed E-state index contributed by atoms with van der Waals surface area (Å²) in [5, 5.41) is 6.86. The summed E-state index contributed by atoms with van der Waals surface area (Å²) < 4.78 is 5.36. The number of thiazole rings is 1. The number of aromatic nitrogens is 2. The van der Waals surface area contributed by atoms with Crippen LogP contribution in [0.5, 0.6) is 5.75 Å². The highest BCUT2D eigenvalue weighted by Crippen LogP contribution is 2.31. The minimum atomic E-state index is 0.723. The lowest BCUT2D eigenvalue weighted by atomic mass is 10.1. The number of pyridine rings is 1. The van der Waals surface area contributed by atoms with Crippen LogP contribution in [0.25, 0.3) is 11.3 Å². The van der Waals surface area contributed by atoms with Crippen molar-refractivity contribution in [3.63, 3.8) is 0 Å². The Morgan fingerprint density at radius 1 is 1.23 bits per heavy atom. The van der Waals surface area contributed by atoms with Gasteiger partial charge in [0.25, 0.3) is 0 Å². The molecule has 0 amide bonds. The first kappa shape index (κ1) is 14.2. The number of ether oxygens (including phenoxy) is 1. The van der Waals surface area contributed by atoms with E-state index >= 15 is 0 Å². The molecule has 0 unspecified atom stereocenters. The van der Waals surface area contributed by atoms with Gasteiger partial charge in [0.1, 0.15) is 5.75 Å². The van der Waals surface area contributed by atoms with Crippen molar-refractivity contribution in [1.82, 2.24) is 9.97 Å². The molecule has 2 aromatic heterocycles. The molecule has 22 heavy (non-hydrogen) atoms. The van der Waals surface area contributed by atoms with Crippen LogP contribution in [0, 0.1) is 0 Å². The van der Waals surface area contributed by atoms with Crippen LogP contribution >= 0.6 is 11.3 Å². The van der Waals surface area contributed by atoms with Crippen LogP contribution in [0.3, 0.4) is 0 Å². The molecule has 3 aromatic rings. The monoisotopic (exact) mass is 310 g/mol. The van der Waals surface area contributed by atoms with Gasteiger partial charge in [-0.1, -0.05) is 18.2 Å². The van der Waals surface area contributed by atoms with Gasteiger partial charge in [0.15, 0.2) is 0 Å². The van der Waals surface area contributed by atoms with Gasteiger partial charge in [0.05, 0.1) is 19.0 Å². The summed E-state index contributed by atoms with van der Waals surface area (Å²) in [4.78, 5) is 8.55. The van der Waals surface area contributed by atoms with E-state index in [0.29, 0.717) is 0 Å². The Morgan fingerprint density at radius 2 is 2.14 bits per heavy atom. The lowest BCUT2D eigenvalue weighted by molar-refractivity contribution is 0.416. The first-order valence-corrected chi connectivity index (χ1v) is 7.53. The molecule has 0 fully saturated rings. The van der Waals surface area contributed by atoms with Gasteiger partial charge in [-0.2, -0.15) is 5.10 Å². The van der Waals surface area contributed by atoms with E-state index in [2.05, 4.69) is 20.5 Å². The van der Waals surface area contributed by atoms with Crippen LogP contribution in [-0.4, -0.2) is 23.3 Å². The van der Waals surface area contributed by atoms with Gasteiger partial charge < -0.3 is 4.74 Å². The number of rotatable bonds is 5. The maximum atomic E-state index is 5.36. The zero-order chi connectivity index (χ0) is 15.2. The molecule has 6 heteroatoms. The molecule has 0 spiro atoms. The largest absolute Gasteiger partial charge is 0.496 e. The van der Waals surface area contributed by atoms with Crippen molar-refractivity contribution >= 4 is 22.7 Å². The maximum Gasteiger partial charge on any atom is 0.203 e. The van der Waals surface area contributed by atoms with Crippen LogP contribution in [-0.2, 0) is 0 Å². The zero-order valence-corrected chi connectivity index (χ0v) is 12.7. The molecule has 110 valence electrons. The van der Waals surface area contributed by atoms with Crippen molar-refractivity contribution < 1.29 is 4.74 Å². The molecule has 1 aromatic carbocycles. The fourth-order valence-electron chi connectivity index (χ4n) is 1.92. The van der Waals surface area contributed by atoms with Gasteiger partial charge in [-0.15, -0.1) is 11.3 Å². The van der Waals surface area contributed by atoms with E-state index in [1.54, 1.807) is 25.7 Å². The molecule has 0 radical (unpaired) electrons. The van der Waals surface area contributed by atoms with E-state index in [0.717, 1.165) is 27.7 Å². The Balaban J connectivity index is 1.73. The van der Waals surface area contributed by atoms with Crippen molar-refractivity contribution in [2.24, 2.45) is 5.10 Å². The Morgan fingerprint density at radius 3 is 2.95 bits per heavy atom. The third kappa shape index (κ3) is 3.29. The molecule has 0 saturated heterocycles. The van der Waals surface area contributed by atoms with Crippen molar-refractivity contribution in [3.05, 3.63) is 59.7 Å². The molecule has 0 atom stereocenters. The molecule has 0 aliphatic carbocycles. The predicted molar refractivity (Wildman–Crippen MR) is 89.6 cm³/mol. The van der Waals surface area contributed by atoms with Gasteiger partial charge in [0, 0.05) is 28.9 Å². The van der Waals surface area contributed by atoms with E-state index in [-0.39, 0.29) is 0 Å². The van der Waals surface area contributed by atoms with Gasteiger partial charge in [-0.3, -0.25) is 10.4 Å². The molecule has 0 aliphatic rings. The number of nitrogens with one attached hydrogen (secondary N) is 1. The minimum Gasteiger partial charge on any atom is -0.496 e. The summed E-state index contributed by atoms with van der Waals surface area (Å²) in [6.45, 7) is 0. The van der Waals surface area contributed by atoms with E-state index in [9.17, 15) is 0 Å². The maximum absolute atomic E-state index is 5.36. The molecule has 0 bridgehead atoms. The van der Waals surface area contributed by atoms with Crippen molar-refractivity contribution in [2.75, 3.05) is 12.5 Å². The van der Waals surface area contributed by atoms with Crippen molar-refractivity contribution in [3.8, 4) is 17.0 Å². The van der Waals surface area contributed by atoms with Crippen LogP contribution in [0.1, 0.15) is 5.56 Å². The lowest BCUT2D eigenvalue weighted by Gasteiger charge is -2.04. The topological polar surface area (TPSA) is 59.4 Å². The number of benzene rings is 1. The highest BCUT2D eigenvalue weighted by Gasteiger charge is 2.08. The second-order valence-electron chi connectivity index (χ2n) is 4.39. The van der Waals surface area contributed by atoms with E-state index in [4.69, 9.17) is 4.74 Å². The minimum absolute atomic E-state index is 0.723. The molecular weight excluding hydrogens is 296 g/mol. The van der Waals surface area contributed by atoms with Crippen molar-refractivity contribution in [1.29, 1.82) is 0 Å². The summed E-state index contributed by atoms with van der Waals surface area (Å²) in [6.07, 6.45) is 5.18. The van der Waals surface area contributed by atoms with E-state index in [1.165, 1.54) is 11.3 Å². The molecule has 1 N–H and O–H groups in total. The first-order chi connectivity index (χ1) is 10.9. The van der Waals surface area contributed by atoms with Gasteiger partial charge in [0.2, 0.25) is 5.13 Å². The van der Waals surface area contributed by atoms with Gasteiger partial charge in [-0.25, -0.2) is 4.98 Å².